The van der Waals surface area contributed by atoms with Crippen molar-refractivity contribution in [3.63, 3.8) is 0 Å². The zero-order chi connectivity index (χ0) is 24.9. The topological polar surface area (TPSA) is 73.7 Å². The number of rotatable bonds is 9. The lowest BCUT2D eigenvalue weighted by atomic mass is 10.1. The second kappa shape index (κ2) is 11.0. The van der Waals surface area contributed by atoms with Crippen molar-refractivity contribution in [3.8, 4) is 5.75 Å². The summed E-state index contributed by atoms with van der Waals surface area (Å²) in [4.78, 5) is 33.1. The molecular weight excluding hydrogens is 486 g/mol. The summed E-state index contributed by atoms with van der Waals surface area (Å²) in [6.07, 6.45) is 2.48. The van der Waals surface area contributed by atoms with E-state index >= 15 is 0 Å². The van der Waals surface area contributed by atoms with Crippen LogP contribution in [0.25, 0.3) is 10.9 Å². The molecular formula is C26H26ClN3O4S. The quantitative estimate of drug-likeness (QED) is 0.282. The molecule has 2 aromatic carbocycles. The highest BCUT2D eigenvalue weighted by Crippen LogP contribution is 2.32. The van der Waals surface area contributed by atoms with Crippen LogP contribution < -0.4 is 9.64 Å². The van der Waals surface area contributed by atoms with Crippen molar-refractivity contribution in [3.05, 3.63) is 75.9 Å². The molecule has 0 unspecified atom stereocenters. The molecule has 0 aliphatic heterocycles. The fourth-order valence-corrected chi connectivity index (χ4v) is 4.90. The summed E-state index contributed by atoms with van der Waals surface area (Å²) in [5.74, 6) is 0.365. The van der Waals surface area contributed by atoms with Crippen molar-refractivity contribution in [1.29, 1.82) is 0 Å². The van der Waals surface area contributed by atoms with Crippen LogP contribution in [0.15, 0.2) is 54.0 Å². The van der Waals surface area contributed by atoms with Gasteiger partial charge >= 0.3 is 0 Å². The minimum absolute atomic E-state index is 0.0973. The van der Waals surface area contributed by atoms with E-state index in [1.165, 1.54) is 11.3 Å². The van der Waals surface area contributed by atoms with E-state index in [1.54, 1.807) is 54.1 Å². The average Bonchev–Trinajstić information content (AvgIpc) is 3.48. The van der Waals surface area contributed by atoms with Crippen LogP contribution in [0.2, 0.25) is 5.02 Å². The van der Waals surface area contributed by atoms with Crippen molar-refractivity contribution in [2.45, 2.75) is 19.8 Å². The predicted octanol–water partition coefficient (Wildman–Crippen LogP) is 5.37. The van der Waals surface area contributed by atoms with Gasteiger partial charge in [0.25, 0.3) is 5.91 Å². The van der Waals surface area contributed by atoms with Gasteiger partial charge < -0.3 is 9.47 Å². The lowest BCUT2D eigenvalue weighted by molar-refractivity contribution is -0.118. The van der Waals surface area contributed by atoms with E-state index in [4.69, 9.17) is 21.1 Å². The number of methoxy groups -OCH3 is 2. The van der Waals surface area contributed by atoms with Gasteiger partial charge in [0.2, 0.25) is 5.91 Å². The number of anilines is 1. The third-order valence-corrected chi connectivity index (χ3v) is 6.89. The summed E-state index contributed by atoms with van der Waals surface area (Å²) in [5.41, 5.74) is 2.70. The minimum atomic E-state index is -0.190. The molecule has 0 spiro atoms. The Balaban J connectivity index is 1.76. The first-order valence-corrected chi connectivity index (χ1v) is 12.4. The number of hydrogen-bond acceptors (Lipinski definition) is 6. The molecule has 9 heteroatoms. The van der Waals surface area contributed by atoms with Crippen LogP contribution in [0.5, 0.6) is 5.75 Å². The van der Waals surface area contributed by atoms with Crippen molar-refractivity contribution >= 4 is 50.8 Å². The Morgan fingerprint density at radius 2 is 1.91 bits per heavy atom. The molecule has 0 saturated heterocycles. The van der Waals surface area contributed by atoms with Gasteiger partial charge in [-0.15, -0.1) is 11.3 Å². The van der Waals surface area contributed by atoms with Crippen LogP contribution in [-0.4, -0.2) is 48.7 Å². The maximum atomic E-state index is 13.6. The van der Waals surface area contributed by atoms with Gasteiger partial charge in [0.15, 0.2) is 5.13 Å². The molecule has 0 bridgehead atoms. The highest BCUT2D eigenvalue weighted by molar-refractivity contribution is 7.13. The number of nitrogens with zero attached hydrogens (tertiary/aromatic N) is 3. The first-order valence-electron chi connectivity index (χ1n) is 11.1. The van der Waals surface area contributed by atoms with Crippen LogP contribution >= 0.6 is 22.9 Å². The number of aromatic nitrogens is 2. The van der Waals surface area contributed by atoms with E-state index in [-0.39, 0.29) is 18.2 Å². The van der Waals surface area contributed by atoms with Gasteiger partial charge in [0.05, 0.1) is 19.0 Å². The second-order valence-corrected chi connectivity index (χ2v) is 9.29. The molecule has 7 nitrogen and oxygen atoms in total. The zero-order valence-electron chi connectivity index (χ0n) is 19.8. The number of fused-ring (bicyclic) bond motifs is 1. The monoisotopic (exact) mass is 511 g/mol. The zero-order valence-corrected chi connectivity index (χ0v) is 21.4. The molecule has 0 aliphatic carbocycles. The van der Waals surface area contributed by atoms with Crippen LogP contribution in [0.3, 0.4) is 0 Å². The lowest BCUT2D eigenvalue weighted by Crippen LogP contribution is -2.33. The summed E-state index contributed by atoms with van der Waals surface area (Å²) < 4.78 is 12.3. The number of ether oxygens (including phenoxy) is 2. The molecule has 4 rings (SSSR count). The van der Waals surface area contributed by atoms with Crippen LogP contribution in [0, 0.1) is 6.92 Å². The van der Waals surface area contributed by atoms with E-state index in [0.717, 1.165) is 10.9 Å². The number of carbonyl (C=O) groups excluding carboxylic acids is 2. The van der Waals surface area contributed by atoms with Gasteiger partial charge in [-0.1, -0.05) is 11.6 Å². The molecule has 1 amide bonds. The van der Waals surface area contributed by atoms with Crippen molar-refractivity contribution in [2.75, 3.05) is 32.3 Å². The smallest absolute Gasteiger partial charge is 0.262 e. The molecule has 35 heavy (non-hydrogen) atoms. The summed E-state index contributed by atoms with van der Waals surface area (Å²) in [5, 5.41) is 3.84. The Kier molecular flexibility index (Phi) is 7.85. The molecule has 2 aromatic heterocycles. The molecule has 2 heterocycles. The highest BCUT2D eigenvalue weighted by atomic mass is 35.5. The lowest BCUT2D eigenvalue weighted by Gasteiger charge is -2.20. The fourth-order valence-electron chi connectivity index (χ4n) is 4.09. The van der Waals surface area contributed by atoms with E-state index in [9.17, 15) is 9.59 Å². The number of thiazole rings is 1. The molecule has 0 radical (unpaired) electrons. The van der Waals surface area contributed by atoms with E-state index < -0.39 is 0 Å². The third-order valence-electron chi connectivity index (χ3n) is 5.85. The SMILES string of the molecule is COCCCN(C(=O)Cc1c(C)n(C(=O)c2ccc(Cl)cc2)c2ccc(OC)cc12)c1nccs1. The van der Waals surface area contributed by atoms with E-state index in [2.05, 4.69) is 4.98 Å². The Morgan fingerprint density at radius 1 is 1.14 bits per heavy atom. The van der Waals surface area contributed by atoms with Gasteiger partial charge in [0.1, 0.15) is 5.75 Å². The number of carbonyl (C=O) groups is 2. The maximum Gasteiger partial charge on any atom is 0.262 e. The molecule has 0 saturated carbocycles. The highest BCUT2D eigenvalue weighted by Gasteiger charge is 2.25. The summed E-state index contributed by atoms with van der Waals surface area (Å²) in [6.45, 7) is 2.90. The molecule has 0 N–H and O–H groups in total. The van der Waals surface area contributed by atoms with Gasteiger partial charge in [-0.25, -0.2) is 4.98 Å². The van der Waals surface area contributed by atoms with E-state index in [0.29, 0.717) is 52.3 Å². The normalized spacial score (nSPS) is 11.1. The number of halogens is 1. The van der Waals surface area contributed by atoms with Crippen LogP contribution in [0.1, 0.15) is 28.0 Å². The third kappa shape index (κ3) is 5.24. The summed E-state index contributed by atoms with van der Waals surface area (Å²) in [7, 11) is 3.23. The number of amides is 1. The Hall–Kier alpha value is -3.20. The standard InChI is InChI=1S/C26H26ClN3O4S/c1-17-21(16-24(31)29(12-4-13-33-2)26-28-11-14-35-26)22-15-20(34-3)9-10-23(22)30(17)25(32)18-5-7-19(27)8-6-18/h5-11,14-15H,4,12-13,16H2,1-3H3. The molecule has 0 aliphatic rings. The summed E-state index contributed by atoms with van der Waals surface area (Å²) in [6, 6.07) is 12.3. The van der Waals surface area contributed by atoms with Crippen LogP contribution in [-0.2, 0) is 16.0 Å². The van der Waals surface area contributed by atoms with Crippen molar-refractivity contribution in [2.24, 2.45) is 0 Å². The first kappa shape index (κ1) is 24.9. The fraction of sp³-hybridized carbons (Fsp3) is 0.269. The first-order chi connectivity index (χ1) is 16.9. The minimum Gasteiger partial charge on any atom is -0.497 e. The van der Waals surface area contributed by atoms with E-state index in [1.807, 2.05) is 30.5 Å². The Labute approximate surface area is 212 Å². The van der Waals surface area contributed by atoms with Crippen LogP contribution in [0.4, 0.5) is 5.13 Å². The van der Waals surface area contributed by atoms with Gasteiger partial charge in [-0.3, -0.25) is 19.1 Å². The molecule has 4 aromatic rings. The van der Waals surface area contributed by atoms with Gasteiger partial charge in [0, 0.05) is 53.5 Å². The molecule has 182 valence electrons. The van der Waals surface area contributed by atoms with Crippen molar-refractivity contribution < 1.29 is 19.1 Å². The molecule has 0 fully saturated rings. The largest absolute Gasteiger partial charge is 0.497 e. The van der Waals surface area contributed by atoms with Gasteiger partial charge in [-0.2, -0.15) is 0 Å². The predicted molar refractivity (Wildman–Crippen MR) is 139 cm³/mol. The average molecular weight is 512 g/mol. The molecule has 0 atom stereocenters. The number of benzene rings is 2. The Bertz CT molecular complexity index is 1330. The Morgan fingerprint density at radius 3 is 2.57 bits per heavy atom. The maximum absolute atomic E-state index is 13.6. The van der Waals surface area contributed by atoms with Gasteiger partial charge in [-0.05, 0) is 61.4 Å². The van der Waals surface area contributed by atoms with Crippen molar-refractivity contribution in [1.82, 2.24) is 9.55 Å². The number of hydrogen-bond donors (Lipinski definition) is 0. The summed E-state index contributed by atoms with van der Waals surface area (Å²) >= 11 is 7.43. The second-order valence-electron chi connectivity index (χ2n) is 7.98.